The monoisotopic (exact) mass is 397 g/mol. The van der Waals surface area contributed by atoms with Gasteiger partial charge in [0, 0.05) is 18.2 Å². The van der Waals surface area contributed by atoms with E-state index in [1.165, 1.54) is 11.8 Å². The molecular weight excluding hydrogens is 382 g/mol. The summed E-state index contributed by atoms with van der Waals surface area (Å²) in [5.74, 6) is 2.32. The Labute approximate surface area is 165 Å². The highest BCUT2D eigenvalue weighted by atomic mass is 35.5. The Bertz CT molecular complexity index is 1090. The van der Waals surface area contributed by atoms with Crippen LogP contribution in [0.15, 0.2) is 58.2 Å². The highest BCUT2D eigenvalue weighted by Gasteiger charge is 2.15. The first-order valence-electron chi connectivity index (χ1n) is 8.29. The summed E-state index contributed by atoms with van der Waals surface area (Å²) in [6.07, 6.45) is 0. The Balaban J connectivity index is 1.51. The molecule has 4 rings (SSSR count). The van der Waals surface area contributed by atoms with Crippen molar-refractivity contribution in [3.63, 3.8) is 0 Å². The van der Waals surface area contributed by atoms with Crippen LogP contribution in [0.3, 0.4) is 0 Å². The van der Waals surface area contributed by atoms with E-state index in [2.05, 4.69) is 33.3 Å². The molecule has 2 aromatic heterocycles. The largest absolute Gasteiger partial charge is 0.338 e. The summed E-state index contributed by atoms with van der Waals surface area (Å²) in [6.45, 7) is 2.06. The summed E-state index contributed by atoms with van der Waals surface area (Å²) < 4.78 is 7.32. The molecular formula is C19H16ClN5OS. The molecule has 2 aromatic carbocycles. The van der Waals surface area contributed by atoms with Crippen molar-refractivity contribution in [2.75, 3.05) is 0 Å². The number of halogens is 1. The Morgan fingerprint density at radius 3 is 2.56 bits per heavy atom. The van der Waals surface area contributed by atoms with Gasteiger partial charge in [0.15, 0.2) is 11.0 Å². The van der Waals surface area contributed by atoms with Crippen LogP contribution in [0, 0.1) is 6.92 Å². The molecule has 0 bridgehead atoms. The van der Waals surface area contributed by atoms with Crippen LogP contribution in [0.4, 0.5) is 0 Å². The van der Waals surface area contributed by atoms with Crippen LogP contribution >= 0.6 is 23.4 Å². The number of benzene rings is 2. The van der Waals surface area contributed by atoms with Gasteiger partial charge in [-0.05, 0) is 24.6 Å². The standard InChI is InChI=1S/C19H16ClN5OS/c1-12-7-3-4-8-13(12)18-22-23-19(25(18)2)27-11-16-21-17(24-26-16)14-9-5-6-10-15(14)20/h3-10H,11H2,1-2H3. The van der Waals surface area contributed by atoms with Gasteiger partial charge in [0.1, 0.15) is 0 Å². The zero-order chi connectivity index (χ0) is 18.8. The molecule has 0 saturated carbocycles. The van der Waals surface area contributed by atoms with Crippen molar-refractivity contribution >= 4 is 23.4 Å². The van der Waals surface area contributed by atoms with Gasteiger partial charge in [0.2, 0.25) is 11.7 Å². The first-order chi connectivity index (χ1) is 13.1. The third kappa shape index (κ3) is 3.61. The fourth-order valence-corrected chi connectivity index (χ4v) is 3.66. The number of aromatic nitrogens is 5. The molecule has 0 atom stereocenters. The van der Waals surface area contributed by atoms with Gasteiger partial charge >= 0.3 is 0 Å². The lowest BCUT2D eigenvalue weighted by Crippen LogP contribution is -1.96. The number of thioether (sulfide) groups is 1. The molecule has 0 radical (unpaired) electrons. The lowest BCUT2D eigenvalue weighted by molar-refractivity contribution is 0.391. The molecule has 0 spiro atoms. The summed E-state index contributed by atoms with van der Waals surface area (Å²) in [5.41, 5.74) is 2.98. The smallest absolute Gasteiger partial charge is 0.237 e. The normalized spacial score (nSPS) is 11.1. The van der Waals surface area contributed by atoms with E-state index in [4.69, 9.17) is 16.1 Å². The quantitative estimate of drug-likeness (QED) is 0.451. The van der Waals surface area contributed by atoms with Crippen molar-refractivity contribution in [2.24, 2.45) is 7.05 Å². The summed E-state index contributed by atoms with van der Waals surface area (Å²) >= 11 is 7.68. The van der Waals surface area contributed by atoms with E-state index in [0.29, 0.717) is 22.5 Å². The van der Waals surface area contributed by atoms with Crippen molar-refractivity contribution in [2.45, 2.75) is 17.8 Å². The van der Waals surface area contributed by atoms with Gasteiger partial charge in [-0.25, -0.2) is 0 Å². The Kier molecular flexibility index (Phi) is 4.96. The van der Waals surface area contributed by atoms with E-state index in [-0.39, 0.29) is 0 Å². The van der Waals surface area contributed by atoms with E-state index in [1.807, 2.05) is 48.0 Å². The van der Waals surface area contributed by atoms with Crippen molar-refractivity contribution in [1.29, 1.82) is 0 Å². The van der Waals surface area contributed by atoms with Crippen LogP contribution in [0.5, 0.6) is 0 Å². The lowest BCUT2D eigenvalue weighted by atomic mass is 10.1. The predicted octanol–water partition coefficient (Wildman–Crippen LogP) is 4.79. The topological polar surface area (TPSA) is 69.6 Å². The number of hydrogen-bond acceptors (Lipinski definition) is 6. The second kappa shape index (κ2) is 7.54. The minimum atomic E-state index is 0.481. The average Bonchev–Trinajstić information content (AvgIpc) is 3.28. The zero-order valence-corrected chi connectivity index (χ0v) is 16.3. The van der Waals surface area contributed by atoms with Gasteiger partial charge < -0.3 is 9.09 Å². The van der Waals surface area contributed by atoms with Crippen molar-refractivity contribution in [3.05, 3.63) is 65.0 Å². The Hall–Kier alpha value is -2.64. The Morgan fingerprint density at radius 2 is 1.78 bits per heavy atom. The number of aryl methyl sites for hydroxylation is 1. The maximum atomic E-state index is 6.19. The van der Waals surface area contributed by atoms with Crippen LogP contribution in [0.1, 0.15) is 11.5 Å². The van der Waals surface area contributed by atoms with Crippen molar-refractivity contribution < 1.29 is 4.52 Å². The highest BCUT2D eigenvalue weighted by Crippen LogP contribution is 2.28. The molecule has 0 aliphatic heterocycles. The summed E-state index contributed by atoms with van der Waals surface area (Å²) in [4.78, 5) is 4.42. The van der Waals surface area contributed by atoms with E-state index < -0.39 is 0 Å². The van der Waals surface area contributed by atoms with Gasteiger partial charge in [-0.1, -0.05) is 64.9 Å². The molecule has 2 heterocycles. The molecule has 4 aromatic rings. The van der Waals surface area contributed by atoms with Gasteiger partial charge in [0.25, 0.3) is 0 Å². The second-order valence-electron chi connectivity index (χ2n) is 5.96. The van der Waals surface area contributed by atoms with E-state index in [1.54, 1.807) is 6.07 Å². The van der Waals surface area contributed by atoms with Gasteiger partial charge in [-0.15, -0.1) is 10.2 Å². The molecule has 6 nitrogen and oxygen atoms in total. The molecule has 0 N–H and O–H groups in total. The summed E-state index contributed by atoms with van der Waals surface area (Å²) in [6, 6.07) is 15.5. The fraction of sp³-hybridized carbons (Fsp3) is 0.158. The predicted molar refractivity (Wildman–Crippen MR) is 105 cm³/mol. The second-order valence-corrected chi connectivity index (χ2v) is 7.31. The maximum absolute atomic E-state index is 6.19. The molecule has 0 fully saturated rings. The number of nitrogens with zero attached hydrogens (tertiary/aromatic N) is 5. The third-order valence-electron chi connectivity index (χ3n) is 4.13. The third-order valence-corrected chi connectivity index (χ3v) is 5.46. The van der Waals surface area contributed by atoms with Gasteiger partial charge in [-0.3, -0.25) is 0 Å². The van der Waals surface area contributed by atoms with Crippen molar-refractivity contribution in [1.82, 2.24) is 24.9 Å². The van der Waals surface area contributed by atoms with E-state index in [9.17, 15) is 0 Å². The molecule has 27 heavy (non-hydrogen) atoms. The van der Waals surface area contributed by atoms with E-state index >= 15 is 0 Å². The minimum absolute atomic E-state index is 0.481. The van der Waals surface area contributed by atoms with Crippen LogP contribution in [-0.2, 0) is 12.8 Å². The molecule has 0 saturated heterocycles. The van der Waals surface area contributed by atoms with Crippen molar-refractivity contribution in [3.8, 4) is 22.8 Å². The molecule has 8 heteroatoms. The molecule has 0 amide bonds. The van der Waals surface area contributed by atoms with Crippen LogP contribution < -0.4 is 0 Å². The molecule has 0 unspecified atom stereocenters. The fourth-order valence-electron chi connectivity index (χ4n) is 2.69. The number of rotatable bonds is 5. The van der Waals surface area contributed by atoms with Gasteiger partial charge in [0.05, 0.1) is 10.8 Å². The zero-order valence-electron chi connectivity index (χ0n) is 14.8. The first-order valence-corrected chi connectivity index (χ1v) is 9.65. The van der Waals surface area contributed by atoms with Gasteiger partial charge in [-0.2, -0.15) is 4.98 Å². The van der Waals surface area contributed by atoms with Crippen LogP contribution in [-0.4, -0.2) is 24.9 Å². The first kappa shape index (κ1) is 17.8. The molecule has 136 valence electrons. The van der Waals surface area contributed by atoms with E-state index in [0.717, 1.165) is 27.7 Å². The van der Waals surface area contributed by atoms with Crippen LogP contribution in [0.25, 0.3) is 22.8 Å². The minimum Gasteiger partial charge on any atom is -0.338 e. The highest BCUT2D eigenvalue weighted by molar-refractivity contribution is 7.98. The summed E-state index contributed by atoms with van der Waals surface area (Å²) in [7, 11) is 1.95. The molecule has 0 aliphatic rings. The lowest BCUT2D eigenvalue weighted by Gasteiger charge is -2.05. The molecule has 0 aliphatic carbocycles. The number of hydrogen-bond donors (Lipinski definition) is 0. The average molecular weight is 398 g/mol. The maximum Gasteiger partial charge on any atom is 0.237 e. The SMILES string of the molecule is Cc1ccccc1-c1nnc(SCc2nc(-c3ccccc3Cl)no2)n1C. The summed E-state index contributed by atoms with van der Waals surface area (Å²) in [5, 5.41) is 14.0. The van der Waals surface area contributed by atoms with Crippen LogP contribution in [0.2, 0.25) is 5.02 Å². The Morgan fingerprint density at radius 1 is 1.04 bits per heavy atom.